The maximum atomic E-state index is 9.78. The number of ether oxygens (including phenoxy) is 2. The van der Waals surface area contributed by atoms with Crippen molar-refractivity contribution in [3.8, 4) is 11.5 Å². The van der Waals surface area contributed by atoms with Gasteiger partial charge in [-0.2, -0.15) is 0 Å². The summed E-state index contributed by atoms with van der Waals surface area (Å²) in [6, 6.07) is 14.6. The predicted octanol–water partition coefficient (Wildman–Crippen LogP) is 4.68. The number of anilines is 2. The van der Waals surface area contributed by atoms with Crippen LogP contribution >= 0.6 is 11.6 Å². The number of rotatable bonds is 10. The third-order valence-electron chi connectivity index (χ3n) is 5.03. The lowest BCUT2D eigenvalue weighted by molar-refractivity contribution is 0.0875. The molecule has 1 atom stereocenters. The van der Waals surface area contributed by atoms with Crippen LogP contribution in [0.3, 0.4) is 0 Å². The molecule has 0 amide bonds. The second-order valence-corrected chi connectivity index (χ2v) is 7.83. The van der Waals surface area contributed by atoms with E-state index >= 15 is 0 Å². The van der Waals surface area contributed by atoms with Gasteiger partial charge in [-0.05, 0) is 48.9 Å². The number of aliphatic hydroxyl groups is 2. The van der Waals surface area contributed by atoms with E-state index < -0.39 is 6.10 Å². The normalized spacial score (nSPS) is 12.1. The van der Waals surface area contributed by atoms with Crippen molar-refractivity contribution in [2.75, 3.05) is 25.1 Å². The first kappa shape index (κ1) is 23.0. The van der Waals surface area contributed by atoms with E-state index in [0.29, 0.717) is 42.1 Å². The summed E-state index contributed by atoms with van der Waals surface area (Å²) in [7, 11) is 0. The largest absolute Gasteiger partial charge is 0.456 e. The van der Waals surface area contributed by atoms with Crippen LogP contribution in [0, 0.1) is 0 Å². The fraction of sp³-hybridized carbons (Fsp3) is 0.250. The van der Waals surface area contributed by atoms with Gasteiger partial charge in [0.15, 0.2) is 5.82 Å². The van der Waals surface area contributed by atoms with Gasteiger partial charge in [-0.15, -0.1) is 0 Å². The number of halogens is 1. The zero-order valence-electron chi connectivity index (χ0n) is 18.1. The van der Waals surface area contributed by atoms with Gasteiger partial charge in [0.05, 0.1) is 36.5 Å². The molecule has 172 valence electrons. The van der Waals surface area contributed by atoms with E-state index in [-0.39, 0.29) is 6.61 Å². The molecule has 8 nitrogen and oxygen atoms in total. The van der Waals surface area contributed by atoms with Crippen molar-refractivity contribution in [3.05, 3.63) is 71.6 Å². The van der Waals surface area contributed by atoms with E-state index in [2.05, 4.69) is 15.3 Å². The average Bonchev–Trinajstić information content (AvgIpc) is 3.23. The van der Waals surface area contributed by atoms with Gasteiger partial charge in [0.25, 0.3) is 0 Å². The highest BCUT2D eigenvalue weighted by atomic mass is 35.5. The molecular formula is C24H25ClN4O4. The van der Waals surface area contributed by atoms with Crippen LogP contribution in [-0.2, 0) is 11.3 Å². The van der Waals surface area contributed by atoms with E-state index in [9.17, 15) is 5.11 Å². The summed E-state index contributed by atoms with van der Waals surface area (Å²) in [6.45, 7) is 3.07. The van der Waals surface area contributed by atoms with Gasteiger partial charge in [-0.25, -0.2) is 9.97 Å². The van der Waals surface area contributed by atoms with E-state index in [1.54, 1.807) is 25.1 Å². The number of hydrogen-bond acceptors (Lipinski definition) is 7. The molecule has 0 aliphatic heterocycles. The zero-order valence-corrected chi connectivity index (χ0v) is 18.9. The summed E-state index contributed by atoms with van der Waals surface area (Å²) < 4.78 is 13.3. The molecule has 33 heavy (non-hydrogen) atoms. The molecule has 0 spiro atoms. The Morgan fingerprint density at radius 3 is 2.79 bits per heavy atom. The van der Waals surface area contributed by atoms with Crippen molar-refractivity contribution in [2.45, 2.75) is 19.6 Å². The first-order valence-corrected chi connectivity index (χ1v) is 10.9. The molecular weight excluding hydrogens is 444 g/mol. The minimum absolute atomic E-state index is 0.00515. The standard InChI is InChI=1S/C24H25ClN4O4/c1-16(31)17-3-2-4-19(13-17)33-22-6-5-18(14-20(22)25)28-24-23-21(26-15-27-24)7-8-29(23)9-11-32-12-10-30/h2-8,13-16,30-31H,9-12H2,1H3,(H,26,27,28). The molecule has 1 unspecified atom stereocenters. The minimum Gasteiger partial charge on any atom is -0.456 e. The van der Waals surface area contributed by atoms with Crippen LogP contribution in [0.5, 0.6) is 11.5 Å². The van der Waals surface area contributed by atoms with Gasteiger partial charge in [-0.3, -0.25) is 0 Å². The number of nitrogens with zero attached hydrogens (tertiary/aromatic N) is 3. The Labute approximate surface area is 196 Å². The molecule has 0 saturated carbocycles. The molecule has 4 rings (SSSR count). The molecule has 2 aromatic carbocycles. The Morgan fingerprint density at radius 2 is 2.00 bits per heavy atom. The molecule has 2 heterocycles. The first-order valence-electron chi connectivity index (χ1n) is 10.6. The van der Waals surface area contributed by atoms with Crippen molar-refractivity contribution in [2.24, 2.45) is 0 Å². The summed E-state index contributed by atoms with van der Waals surface area (Å²) in [5, 5.41) is 22.4. The Kier molecular flexibility index (Phi) is 7.41. The van der Waals surface area contributed by atoms with Crippen LogP contribution in [0.4, 0.5) is 11.5 Å². The first-order chi connectivity index (χ1) is 16.0. The second kappa shape index (κ2) is 10.6. The molecule has 0 fully saturated rings. The fourth-order valence-corrected chi connectivity index (χ4v) is 3.62. The van der Waals surface area contributed by atoms with Crippen LogP contribution in [0.15, 0.2) is 61.1 Å². The molecule has 9 heteroatoms. The lowest BCUT2D eigenvalue weighted by Crippen LogP contribution is -2.09. The third-order valence-corrected chi connectivity index (χ3v) is 5.32. The third kappa shape index (κ3) is 5.61. The number of fused-ring (bicyclic) bond motifs is 1. The average molecular weight is 469 g/mol. The molecule has 0 bridgehead atoms. The van der Waals surface area contributed by atoms with E-state index in [4.69, 9.17) is 26.2 Å². The number of hydrogen-bond donors (Lipinski definition) is 3. The van der Waals surface area contributed by atoms with Gasteiger partial charge >= 0.3 is 0 Å². The SMILES string of the molecule is CC(O)c1cccc(Oc2ccc(Nc3ncnc4ccn(CCOCCO)c34)cc2Cl)c1. The van der Waals surface area contributed by atoms with Crippen LogP contribution < -0.4 is 10.1 Å². The Balaban J connectivity index is 1.52. The van der Waals surface area contributed by atoms with Crippen molar-refractivity contribution in [3.63, 3.8) is 0 Å². The quantitative estimate of drug-likeness (QED) is 0.290. The molecule has 3 N–H and O–H groups in total. The van der Waals surface area contributed by atoms with Crippen molar-refractivity contribution in [1.29, 1.82) is 0 Å². The summed E-state index contributed by atoms with van der Waals surface area (Å²) in [6.07, 6.45) is 2.85. The highest BCUT2D eigenvalue weighted by Gasteiger charge is 2.12. The van der Waals surface area contributed by atoms with Gasteiger partial charge in [0.1, 0.15) is 23.3 Å². The lowest BCUT2D eigenvalue weighted by Gasteiger charge is -2.13. The highest BCUT2D eigenvalue weighted by molar-refractivity contribution is 6.32. The molecule has 4 aromatic rings. The van der Waals surface area contributed by atoms with Gasteiger partial charge in [0, 0.05) is 18.4 Å². The molecule has 0 saturated heterocycles. The van der Waals surface area contributed by atoms with Gasteiger partial charge < -0.3 is 29.6 Å². The van der Waals surface area contributed by atoms with Crippen LogP contribution in [0.25, 0.3) is 11.0 Å². The number of benzene rings is 2. The Bertz CT molecular complexity index is 1230. The van der Waals surface area contributed by atoms with Gasteiger partial charge in [-0.1, -0.05) is 23.7 Å². The zero-order chi connectivity index (χ0) is 23.2. The van der Waals surface area contributed by atoms with Crippen LogP contribution in [-0.4, -0.2) is 44.6 Å². The smallest absolute Gasteiger partial charge is 0.158 e. The van der Waals surface area contributed by atoms with Gasteiger partial charge in [0.2, 0.25) is 0 Å². The molecule has 0 aliphatic rings. The van der Waals surface area contributed by atoms with Crippen molar-refractivity contribution >= 4 is 34.1 Å². The lowest BCUT2D eigenvalue weighted by atomic mass is 10.1. The van der Waals surface area contributed by atoms with E-state index in [1.165, 1.54) is 6.33 Å². The minimum atomic E-state index is -0.583. The van der Waals surface area contributed by atoms with Crippen molar-refractivity contribution < 1.29 is 19.7 Å². The number of aliphatic hydroxyl groups excluding tert-OH is 2. The molecule has 2 aromatic heterocycles. The van der Waals surface area contributed by atoms with Crippen LogP contribution in [0.1, 0.15) is 18.6 Å². The maximum Gasteiger partial charge on any atom is 0.158 e. The van der Waals surface area contributed by atoms with E-state index in [0.717, 1.165) is 22.3 Å². The topological polar surface area (TPSA) is 102 Å². The number of nitrogens with one attached hydrogen (secondary N) is 1. The van der Waals surface area contributed by atoms with Crippen molar-refractivity contribution in [1.82, 2.24) is 14.5 Å². The summed E-state index contributed by atoms with van der Waals surface area (Å²) in [4.78, 5) is 8.73. The fourth-order valence-electron chi connectivity index (χ4n) is 3.40. The molecule has 0 aliphatic carbocycles. The summed E-state index contributed by atoms with van der Waals surface area (Å²) in [5.41, 5.74) is 3.16. The summed E-state index contributed by atoms with van der Waals surface area (Å²) in [5.74, 6) is 1.73. The monoisotopic (exact) mass is 468 g/mol. The van der Waals surface area contributed by atoms with E-state index in [1.807, 2.05) is 41.1 Å². The number of aromatic nitrogens is 3. The van der Waals surface area contributed by atoms with Crippen LogP contribution in [0.2, 0.25) is 5.02 Å². The Hall–Kier alpha value is -3.17. The maximum absolute atomic E-state index is 9.78. The summed E-state index contributed by atoms with van der Waals surface area (Å²) >= 11 is 6.49. The predicted molar refractivity (Wildman–Crippen MR) is 127 cm³/mol. The second-order valence-electron chi connectivity index (χ2n) is 7.42. The molecule has 0 radical (unpaired) electrons. The highest BCUT2D eigenvalue weighted by Crippen LogP contribution is 2.34. The Morgan fingerprint density at radius 1 is 1.12 bits per heavy atom.